The molecule has 3 aliphatic rings. The van der Waals surface area contributed by atoms with Crippen molar-refractivity contribution in [3.8, 4) is 17.1 Å². The van der Waals surface area contributed by atoms with E-state index in [9.17, 15) is 9.59 Å². The van der Waals surface area contributed by atoms with Crippen LogP contribution in [-0.4, -0.2) is 64.9 Å². The molecule has 47 heavy (non-hydrogen) atoms. The number of aryl methyl sites for hydroxylation is 1. The number of carbonyl (C=O) groups is 2. The summed E-state index contributed by atoms with van der Waals surface area (Å²) in [5.74, 6) is 0.289. The number of pyridine rings is 1. The van der Waals surface area contributed by atoms with E-state index < -0.39 is 16.9 Å². The number of hydrogen-bond donors (Lipinski definition) is 1. The number of nitrogens with zero attached hydrogens (tertiary/aromatic N) is 3. The third-order valence-corrected chi connectivity index (χ3v) is 9.02. The van der Waals surface area contributed by atoms with Crippen LogP contribution < -0.4 is 10.1 Å². The quantitative estimate of drug-likeness (QED) is 0.239. The maximum absolute atomic E-state index is 13.9. The lowest BCUT2D eigenvalue weighted by molar-refractivity contribution is -0.166. The van der Waals surface area contributed by atoms with Crippen molar-refractivity contribution in [2.75, 3.05) is 26.4 Å². The average molecular weight is 641 g/mol. The Balaban J connectivity index is 1.10. The summed E-state index contributed by atoms with van der Waals surface area (Å²) >= 11 is 0. The lowest BCUT2D eigenvalue weighted by Gasteiger charge is -2.41. The lowest BCUT2D eigenvalue weighted by atomic mass is 9.95. The number of ether oxygens (including phenoxy) is 4. The van der Waals surface area contributed by atoms with Crippen molar-refractivity contribution >= 4 is 22.9 Å². The van der Waals surface area contributed by atoms with Crippen LogP contribution in [-0.2, 0) is 25.5 Å². The van der Waals surface area contributed by atoms with Gasteiger partial charge in [0.1, 0.15) is 18.0 Å². The van der Waals surface area contributed by atoms with E-state index in [2.05, 4.69) is 21.4 Å². The predicted molar refractivity (Wildman–Crippen MR) is 173 cm³/mol. The Morgan fingerprint density at radius 3 is 2.57 bits per heavy atom. The largest absolute Gasteiger partial charge is 0.491 e. The van der Waals surface area contributed by atoms with Gasteiger partial charge in [0.25, 0.3) is 11.8 Å². The Hall–Kier alpha value is -4.48. The van der Waals surface area contributed by atoms with Gasteiger partial charge in [0, 0.05) is 29.3 Å². The number of benzene rings is 2. The first-order chi connectivity index (χ1) is 22.4. The average Bonchev–Trinajstić information content (AvgIpc) is 3.37. The number of hydrogen-bond acceptors (Lipinski definition) is 9. The van der Waals surface area contributed by atoms with Gasteiger partial charge in [0.05, 0.1) is 36.5 Å². The van der Waals surface area contributed by atoms with Gasteiger partial charge in [-0.25, -0.2) is 9.78 Å². The molecule has 0 unspecified atom stereocenters. The molecular formula is C36H40N4O7. The molecule has 246 valence electrons. The molecular weight excluding hydrogens is 600 g/mol. The number of rotatable bonds is 8. The molecule has 1 N–H and O–H groups in total. The summed E-state index contributed by atoms with van der Waals surface area (Å²) in [5.41, 5.74) is 2.82. The van der Waals surface area contributed by atoms with E-state index in [0.29, 0.717) is 49.3 Å². The van der Waals surface area contributed by atoms with E-state index in [1.165, 1.54) is 0 Å². The second kappa shape index (κ2) is 11.6. The number of oxazole rings is 1. The van der Waals surface area contributed by atoms with Crippen molar-refractivity contribution in [2.24, 2.45) is 0 Å². The first-order valence-corrected chi connectivity index (χ1v) is 16.1. The van der Waals surface area contributed by atoms with Crippen LogP contribution in [0, 0.1) is 6.92 Å². The van der Waals surface area contributed by atoms with Crippen molar-refractivity contribution < 1.29 is 33.0 Å². The van der Waals surface area contributed by atoms with E-state index >= 15 is 0 Å². The molecule has 0 radical (unpaired) electrons. The summed E-state index contributed by atoms with van der Waals surface area (Å²) in [7, 11) is 0. The molecule has 1 aliphatic carbocycles. The number of aromatic nitrogens is 2. The highest BCUT2D eigenvalue weighted by Gasteiger charge is 2.47. The number of fused-ring (bicyclic) bond motifs is 1. The van der Waals surface area contributed by atoms with Crippen molar-refractivity contribution in [3.63, 3.8) is 0 Å². The van der Waals surface area contributed by atoms with Gasteiger partial charge in [-0.3, -0.25) is 9.78 Å². The minimum absolute atomic E-state index is 0.0751. The Morgan fingerprint density at radius 1 is 1.09 bits per heavy atom. The van der Waals surface area contributed by atoms with Crippen LogP contribution in [0.15, 0.2) is 59.3 Å². The van der Waals surface area contributed by atoms with Gasteiger partial charge in [-0.2, -0.15) is 0 Å². The molecule has 2 amide bonds. The van der Waals surface area contributed by atoms with Crippen LogP contribution in [0.1, 0.15) is 74.3 Å². The van der Waals surface area contributed by atoms with Gasteiger partial charge < -0.3 is 33.6 Å². The monoisotopic (exact) mass is 640 g/mol. The van der Waals surface area contributed by atoms with Gasteiger partial charge in [-0.15, -0.1) is 0 Å². The molecule has 7 rings (SSSR count). The summed E-state index contributed by atoms with van der Waals surface area (Å²) in [4.78, 5) is 37.2. The number of amides is 2. The van der Waals surface area contributed by atoms with E-state index in [1.807, 2.05) is 58.0 Å². The first-order valence-electron chi connectivity index (χ1n) is 16.1. The minimum Gasteiger partial charge on any atom is -0.491 e. The van der Waals surface area contributed by atoms with E-state index in [-0.39, 0.29) is 18.0 Å². The number of nitrogens with one attached hydrogen (secondary N) is 1. The fraction of sp³-hybridized carbons (Fsp3) is 0.444. The van der Waals surface area contributed by atoms with Gasteiger partial charge in [0.15, 0.2) is 5.76 Å². The van der Waals surface area contributed by atoms with Crippen LogP contribution >= 0.6 is 0 Å². The zero-order chi connectivity index (χ0) is 33.0. The topological polar surface area (TPSA) is 125 Å². The molecule has 0 bridgehead atoms. The third-order valence-electron chi connectivity index (χ3n) is 9.02. The molecule has 2 aromatic heterocycles. The molecule has 2 aromatic carbocycles. The van der Waals surface area contributed by atoms with Gasteiger partial charge >= 0.3 is 6.09 Å². The Labute approximate surface area is 273 Å². The SMILES string of the molecule is Cc1ccc(OC[C@@H]2CCN2C(=O)OC(C)(C)C)cc1C(=O)NC1(c2cc(-c3cnc(C4(C)OCCO4)o3)cc3ncccc23)CC1. The summed E-state index contributed by atoms with van der Waals surface area (Å²) < 4.78 is 29.2. The minimum atomic E-state index is -1.02. The molecule has 0 spiro atoms. The Kier molecular flexibility index (Phi) is 7.71. The molecule has 1 atom stereocenters. The Bertz CT molecular complexity index is 1830. The summed E-state index contributed by atoms with van der Waals surface area (Å²) in [6.45, 7) is 11.2. The van der Waals surface area contributed by atoms with Crippen molar-refractivity contribution in [2.45, 2.75) is 76.9 Å². The molecule has 3 fully saturated rings. The fourth-order valence-corrected chi connectivity index (χ4v) is 6.15. The molecule has 2 saturated heterocycles. The third kappa shape index (κ3) is 6.17. The second-order valence-electron chi connectivity index (χ2n) is 13.7. The highest BCUT2D eigenvalue weighted by atomic mass is 16.7. The van der Waals surface area contributed by atoms with Gasteiger partial charge in [-0.1, -0.05) is 12.1 Å². The predicted octanol–water partition coefficient (Wildman–Crippen LogP) is 6.23. The highest BCUT2D eigenvalue weighted by Crippen LogP contribution is 2.49. The van der Waals surface area contributed by atoms with E-state index in [4.69, 9.17) is 23.4 Å². The molecule has 11 nitrogen and oxygen atoms in total. The number of carbonyl (C=O) groups excluding carboxylic acids is 2. The normalized spacial score (nSPS) is 19.7. The van der Waals surface area contributed by atoms with Crippen molar-refractivity contribution in [3.05, 3.63) is 77.4 Å². The zero-order valence-corrected chi connectivity index (χ0v) is 27.4. The maximum atomic E-state index is 13.9. The summed E-state index contributed by atoms with van der Waals surface area (Å²) in [5, 5.41) is 4.31. The molecule has 4 heterocycles. The van der Waals surface area contributed by atoms with Crippen LogP contribution in [0.5, 0.6) is 5.75 Å². The Morgan fingerprint density at radius 2 is 1.87 bits per heavy atom. The van der Waals surface area contributed by atoms with Crippen LogP contribution in [0.2, 0.25) is 0 Å². The molecule has 11 heteroatoms. The van der Waals surface area contributed by atoms with E-state index in [0.717, 1.165) is 46.9 Å². The highest BCUT2D eigenvalue weighted by molar-refractivity contribution is 5.98. The first kappa shape index (κ1) is 31.1. The zero-order valence-electron chi connectivity index (χ0n) is 27.4. The van der Waals surface area contributed by atoms with Gasteiger partial charge in [0.2, 0.25) is 5.79 Å². The number of likely N-dealkylation sites (tertiary alicyclic amines) is 1. The second-order valence-corrected chi connectivity index (χ2v) is 13.7. The molecule has 1 saturated carbocycles. The molecule has 4 aromatic rings. The maximum Gasteiger partial charge on any atom is 0.410 e. The van der Waals surface area contributed by atoms with Gasteiger partial charge in [-0.05, 0) is 95.3 Å². The summed E-state index contributed by atoms with van der Waals surface area (Å²) in [6, 6.07) is 13.4. The summed E-state index contributed by atoms with van der Waals surface area (Å²) in [6.07, 6.45) is 5.49. The van der Waals surface area contributed by atoms with Crippen LogP contribution in [0.4, 0.5) is 4.79 Å². The van der Waals surface area contributed by atoms with Crippen LogP contribution in [0.3, 0.4) is 0 Å². The van der Waals surface area contributed by atoms with Crippen molar-refractivity contribution in [1.29, 1.82) is 0 Å². The molecule has 2 aliphatic heterocycles. The standard InChI is InChI=1S/C36H40N4O7/c1-22-8-9-25(43-21-24-10-14-40(24)33(42)47-34(2,3)4)19-27(22)31(41)39-36(11-12-36)28-17-23(18-29-26(28)7-6-13-37-29)30-20-38-32(46-30)35(5)44-15-16-45-35/h6-9,13,17-20,24H,10-12,14-16,21H2,1-5H3,(H,39,41)/t24-/m0/s1. The van der Waals surface area contributed by atoms with Crippen LogP contribution in [0.25, 0.3) is 22.2 Å². The van der Waals surface area contributed by atoms with Crippen molar-refractivity contribution in [1.82, 2.24) is 20.2 Å². The smallest absolute Gasteiger partial charge is 0.410 e. The van der Waals surface area contributed by atoms with E-state index in [1.54, 1.807) is 30.3 Å². The lowest BCUT2D eigenvalue weighted by Crippen LogP contribution is -2.55. The fourth-order valence-electron chi connectivity index (χ4n) is 6.15.